The Morgan fingerprint density at radius 2 is 2.11 bits per heavy atom. The van der Waals surface area contributed by atoms with Crippen LogP contribution in [0, 0.1) is 0 Å². The molecular formula is C12H14F3NOS. The van der Waals surface area contributed by atoms with Crippen LogP contribution in [0.1, 0.15) is 30.5 Å². The van der Waals surface area contributed by atoms with Crippen molar-refractivity contribution in [2.75, 3.05) is 0 Å². The molecule has 2 N–H and O–H groups in total. The van der Waals surface area contributed by atoms with E-state index in [4.69, 9.17) is 5.73 Å². The Morgan fingerprint density at radius 1 is 1.39 bits per heavy atom. The number of hydrogen-bond acceptors (Lipinski definition) is 3. The second kappa shape index (κ2) is 5.01. The van der Waals surface area contributed by atoms with Crippen molar-refractivity contribution in [3.8, 4) is 5.75 Å². The molecule has 0 amide bonds. The zero-order valence-electron chi connectivity index (χ0n) is 9.83. The Labute approximate surface area is 108 Å². The van der Waals surface area contributed by atoms with E-state index in [1.54, 1.807) is 17.8 Å². The van der Waals surface area contributed by atoms with Gasteiger partial charge < -0.3 is 10.5 Å². The molecule has 1 aromatic rings. The zero-order valence-corrected chi connectivity index (χ0v) is 10.6. The number of nitrogens with two attached hydrogens (primary N) is 1. The minimum atomic E-state index is -4.66. The van der Waals surface area contributed by atoms with Gasteiger partial charge in [0.25, 0.3) is 0 Å². The molecule has 2 atom stereocenters. The molecule has 1 unspecified atom stereocenters. The predicted octanol–water partition coefficient (Wildman–Crippen LogP) is 3.61. The first-order valence-electron chi connectivity index (χ1n) is 5.61. The first-order valence-corrected chi connectivity index (χ1v) is 6.66. The van der Waals surface area contributed by atoms with E-state index in [2.05, 4.69) is 11.7 Å². The first kappa shape index (κ1) is 13.5. The Morgan fingerprint density at radius 3 is 2.78 bits per heavy atom. The summed E-state index contributed by atoms with van der Waals surface area (Å²) in [6, 6.07) is 4.19. The topological polar surface area (TPSA) is 35.2 Å². The van der Waals surface area contributed by atoms with E-state index >= 15 is 0 Å². The van der Waals surface area contributed by atoms with Gasteiger partial charge in [0, 0.05) is 17.0 Å². The number of benzene rings is 1. The normalized spacial score (nSPS) is 24.3. The Balaban J connectivity index is 2.28. The molecule has 0 spiro atoms. The van der Waals surface area contributed by atoms with E-state index in [1.807, 2.05) is 0 Å². The van der Waals surface area contributed by atoms with Crippen LogP contribution in [-0.2, 0) is 5.75 Å². The van der Waals surface area contributed by atoms with Crippen molar-refractivity contribution in [1.82, 2.24) is 0 Å². The monoisotopic (exact) mass is 277 g/mol. The van der Waals surface area contributed by atoms with Gasteiger partial charge in [0.05, 0.1) is 0 Å². The molecule has 0 aromatic heterocycles. The second-order valence-electron chi connectivity index (χ2n) is 4.37. The molecule has 1 aliphatic heterocycles. The van der Waals surface area contributed by atoms with Crippen LogP contribution in [-0.4, -0.2) is 11.6 Å². The van der Waals surface area contributed by atoms with Gasteiger partial charge in [-0.2, -0.15) is 11.8 Å². The summed E-state index contributed by atoms with van der Waals surface area (Å²) in [5.41, 5.74) is 7.77. The van der Waals surface area contributed by atoms with Crippen LogP contribution >= 0.6 is 11.8 Å². The average Bonchev–Trinajstić information content (AvgIpc) is 2.37. The third-order valence-corrected chi connectivity index (χ3v) is 4.10. The SMILES string of the molecule is CC1C[C@@H](N)c2cc(OC(F)(F)F)ccc2CS1. The lowest BCUT2D eigenvalue weighted by Crippen LogP contribution is -2.18. The van der Waals surface area contributed by atoms with Gasteiger partial charge in [-0.3, -0.25) is 0 Å². The van der Waals surface area contributed by atoms with Gasteiger partial charge in [0.2, 0.25) is 0 Å². The molecule has 0 bridgehead atoms. The van der Waals surface area contributed by atoms with E-state index in [0.717, 1.165) is 23.3 Å². The van der Waals surface area contributed by atoms with Gasteiger partial charge in [0.15, 0.2) is 0 Å². The fourth-order valence-corrected chi connectivity index (χ4v) is 3.10. The van der Waals surface area contributed by atoms with Crippen molar-refractivity contribution < 1.29 is 17.9 Å². The van der Waals surface area contributed by atoms with Crippen LogP contribution in [0.4, 0.5) is 13.2 Å². The molecule has 18 heavy (non-hydrogen) atoms. The molecular weight excluding hydrogens is 263 g/mol. The smallest absolute Gasteiger partial charge is 0.406 e. The number of thioether (sulfide) groups is 1. The van der Waals surface area contributed by atoms with Crippen LogP contribution in [0.25, 0.3) is 0 Å². The number of rotatable bonds is 1. The summed E-state index contributed by atoms with van der Waals surface area (Å²) >= 11 is 1.76. The van der Waals surface area contributed by atoms with Gasteiger partial charge in [-0.1, -0.05) is 13.0 Å². The van der Waals surface area contributed by atoms with Crippen LogP contribution in [0.15, 0.2) is 18.2 Å². The van der Waals surface area contributed by atoms with Gasteiger partial charge >= 0.3 is 6.36 Å². The number of fused-ring (bicyclic) bond motifs is 1. The van der Waals surface area contributed by atoms with Crippen LogP contribution in [0.3, 0.4) is 0 Å². The molecule has 1 aromatic carbocycles. The van der Waals surface area contributed by atoms with Crippen molar-refractivity contribution in [3.05, 3.63) is 29.3 Å². The maximum absolute atomic E-state index is 12.2. The first-order chi connectivity index (χ1) is 8.35. The van der Waals surface area contributed by atoms with E-state index in [1.165, 1.54) is 12.1 Å². The van der Waals surface area contributed by atoms with Gasteiger partial charge in [0.1, 0.15) is 5.75 Å². The molecule has 1 aliphatic rings. The Hall–Kier alpha value is -0.880. The standard InChI is InChI=1S/C12H14F3NOS/c1-7-4-11(16)10-5-9(17-12(13,14)15)3-2-8(10)6-18-7/h2-3,5,7,11H,4,6,16H2,1H3/t7?,11-/m1/s1. The molecule has 1 heterocycles. The van der Waals surface area contributed by atoms with Crippen molar-refractivity contribution in [2.24, 2.45) is 5.73 Å². The third-order valence-electron chi connectivity index (χ3n) is 2.86. The lowest BCUT2D eigenvalue weighted by atomic mass is 9.98. The van der Waals surface area contributed by atoms with Crippen molar-refractivity contribution in [3.63, 3.8) is 0 Å². The zero-order chi connectivity index (χ0) is 13.3. The fraction of sp³-hybridized carbons (Fsp3) is 0.500. The number of hydrogen-bond donors (Lipinski definition) is 1. The maximum Gasteiger partial charge on any atom is 0.573 e. The van der Waals surface area contributed by atoms with Crippen LogP contribution < -0.4 is 10.5 Å². The van der Waals surface area contributed by atoms with Gasteiger partial charge in [-0.05, 0) is 29.7 Å². The highest BCUT2D eigenvalue weighted by atomic mass is 32.2. The Kier molecular flexibility index (Phi) is 3.77. The predicted molar refractivity (Wildman–Crippen MR) is 65.4 cm³/mol. The van der Waals surface area contributed by atoms with Crippen molar-refractivity contribution >= 4 is 11.8 Å². The maximum atomic E-state index is 12.2. The number of ether oxygens (including phenoxy) is 1. The highest BCUT2D eigenvalue weighted by molar-refractivity contribution is 7.99. The molecule has 0 saturated heterocycles. The summed E-state index contributed by atoms with van der Waals surface area (Å²) < 4.78 is 40.4. The summed E-state index contributed by atoms with van der Waals surface area (Å²) in [6.07, 6.45) is -3.90. The van der Waals surface area contributed by atoms with Crippen molar-refractivity contribution in [1.29, 1.82) is 0 Å². The fourth-order valence-electron chi connectivity index (χ4n) is 2.03. The molecule has 100 valence electrons. The largest absolute Gasteiger partial charge is 0.573 e. The van der Waals surface area contributed by atoms with E-state index in [-0.39, 0.29) is 11.8 Å². The summed E-state index contributed by atoms with van der Waals surface area (Å²) in [4.78, 5) is 0. The lowest BCUT2D eigenvalue weighted by Gasteiger charge is -2.16. The molecule has 2 rings (SSSR count). The minimum absolute atomic E-state index is 0.198. The van der Waals surface area contributed by atoms with E-state index < -0.39 is 6.36 Å². The molecule has 0 fully saturated rings. The summed E-state index contributed by atoms with van der Waals surface area (Å²) in [5, 5.41) is 0.402. The lowest BCUT2D eigenvalue weighted by molar-refractivity contribution is -0.274. The van der Waals surface area contributed by atoms with E-state index in [9.17, 15) is 13.2 Å². The summed E-state index contributed by atoms with van der Waals surface area (Å²) in [7, 11) is 0. The van der Waals surface area contributed by atoms with Crippen LogP contribution in [0.5, 0.6) is 5.75 Å². The minimum Gasteiger partial charge on any atom is -0.406 e. The van der Waals surface area contributed by atoms with Crippen molar-refractivity contribution in [2.45, 2.75) is 36.8 Å². The molecule has 0 aliphatic carbocycles. The molecule has 0 saturated carbocycles. The molecule has 6 heteroatoms. The second-order valence-corrected chi connectivity index (χ2v) is 5.80. The average molecular weight is 277 g/mol. The summed E-state index contributed by atoms with van der Waals surface area (Å²) in [6.45, 7) is 2.07. The molecule has 2 nitrogen and oxygen atoms in total. The third kappa shape index (κ3) is 3.32. The summed E-state index contributed by atoms with van der Waals surface area (Å²) in [5.74, 6) is 0.576. The highest BCUT2D eigenvalue weighted by Gasteiger charge is 2.31. The number of alkyl halides is 3. The van der Waals surface area contributed by atoms with Gasteiger partial charge in [-0.15, -0.1) is 13.2 Å². The Bertz CT molecular complexity index is 436. The number of halogens is 3. The van der Waals surface area contributed by atoms with Crippen LogP contribution in [0.2, 0.25) is 0 Å². The molecule has 0 radical (unpaired) electrons. The van der Waals surface area contributed by atoms with E-state index in [0.29, 0.717) is 5.25 Å². The highest BCUT2D eigenvalue weighted by Crippen LogP contribution is 2.36. The van der Waals surface area contributed by atoms with Gasteiger partial charge in [-0.25, -0.2) is 0 Å². The quantitative estimate of drug-likeness (QED) is 0.851.